The van der Waals surface area contributed by atoms with Gasteiger partial charge in [0.25, 0.3) is 6.33 Å². The molecule has 1 fully saturated rings. The summed E-state index contributed by atoms with van der Waals surface area (Å²) in [6, 6.07) is 5.68. The third-order valence-electron chi connectivity index (χ3n) is 6.75. The maximum Gasteiger partial charge on any atom is 0.472 e. The molecule has 0 saturated carbocycles. The first-order valence-electron chi connectivity index (χ1n) is 12.6. The molecule has 0 radical (unpaired) electrons. The molecule has 0 aliphatic carbocycles. The van der Waals surface area contributed by atoms with Gasteiger partial charge in [-0.3, -0.25) is 4.79 Å². The van der Waals surface area contributed by atoms with Gasteiger partial charge in [0.2, 0.25) is 12.6 Å². The molecule has 1 aliphatic heterocycles. The van der Waals surface area contributed by atoms with Gasteiger partial charge in [-0.05, 0) is 61.2 Å². The Morgan fingerprint density at radius 1 is 1.17 bits per heavy atom. The minimum Gasteiger partial charge on any atom is -0.492 e. The molecule has 2 atom stereocenters. The van der Waals surface area contributed by atoms with Crippen LogP contribution in [-0.4, -0.2) is 50.0 Å². The average Bonchev–Trinajstić information content (AvgIpc) is 3.27. The van der Waals surface area contributed by atoms with Crippen LogP contribution in [0.2, 0.25) is 0 Å². The number of halogens is 3. The number of aromatic nitrogens is 2. The van der Waals surface area contributed by atoms with Gasteiger partial charge >= 0.3 is 7.82 Å². The first kappa shape index (κ1) is 30.5. The molecule has 1 amide bonds. The zero-order chi connectivity index (χ0) is 30.1. The van der Waals surface area contributed by atoms with Crippen LogP contribution in [0.25, 0.3) is 11.8 Å². The monoisotopic (exact) mass is 596 g/mol. The Bertz CT molecular complexity index is 1510. The lowest BCUT2D eigenvalue weighted by Crippen LogP contribution is -2.43. The van der Waals surface area contributed by atoms with Gasteiger partial charge in [0, 0.05) is 19.0 Å². The predicted octanol–water partition coefficient (Wildman–Crippen LogP) is 3.69. The predicted molar refractivity (Wildman–Crippen MR) is 140 cm³/mol. The Kier molecular flexibility index (Phi) is 9.05. The number of aliphatic hydroxyl groups is 1. The number of benzene rings is 2. The van der Waals surface area contributed by atoms with E-state index in [1.54, 1.807) is 48.3 Å². The Morgan fingerprint density at radius 2 is 1.85 bits per heavy atom. The number of nitrogens with zero attached hydrogens (tertiary/aromatic N) is 3. The molecule has 1 aliphatic rings. The topological polar surface area (TPSA) is 125 Å². The van der Waals surface area contributed by atoms with Crippen molar-refractivity contribution in [3.63, 3.8) is 0 Å². The van der Waals surface area contributed by atoms with Crippen molar-refractivity contribution in [1.82, 2.24) is 9.47 Å². The quantitative estimate of drug-likeness (QED) is 0.149. The molecule has 1 saturated heterocycles. The van der Waals surface area contributed by atoms with E-state index in [4.69, 9.17) is 14.5 Å². The van der Waals surface area contributed by atoms with E-state index in [0.717, 1.165) is 12.1 Å². The molecule has 0 bridgehead atoms. The zero-order valence-electron chi connectivity index (χ0n) is 22.5. The third-order valence-corrected chi connectivity index (χ3v) is 7.20. The summed E-state index contributed by atoms with van der Waals surface area (Å²) in [6.45, 7) is 3.00. The van der Waals surface area contributed by atoms with Gasteiger partial charge in [0.05, 0.1) is 19.3 Å². The maximum atomic E-state index is 14.0. The number of methoxy groups -OCH3 is 1. The lowest BCUT2D eigenvalue weighted by Gasteiger charge is -2.37. The number of likely N-dealkylation sites (tertiary alicyclic amines) is 1. The molecule has 220 valence electrons. The van der Waals surface area contributed by atoms with Crippen LogP contribution in [0.1, 0.15) is 42.6 Å². The van der Waals surface area contributed by atoms with E-state index in [1.807, 2.05) is 0 Å². The number of phosphoric acid groups is 1. The highest BCUT2D eigenvalue weighted by Gasteiger charge is 2.34. The fourth-order valence-corrected chi connectivity index (χ4v) is 5.12. The fraction of sp³-hybridized carbons (Fsp3) is 0.333. The summed E-state index contributed by atoms with van der Waals surface area (Å²) < 4.78 is 65.9. The molecule has 0 unspecified atom stereocenters. The Labute approximate surface area is 234 Å². The number of piperidine rings is 1. The van der Waals surface area contributed by atoms with Crippen molar-refractivity contribution in [3.05, 3.63) is 82.7 Å². The van der Waals surface area contributed by atoms with E-state index >= 15 is 0 Å². The first-order chi connectivity index (χ1) is 19.3. The number of carbonyl (C=O) groups is 1. The normalized spacial score (nSPS) is 16.8. The lowest BCUT2D eigenvalue weighted by atomic mass is 9.94. The van der Waals surface area contributed by atoms with Crippen molar-refractivity contribution in [3.8, 4) is 11.4 Å². The number of phosphoric ester groups is 1. The molecule has 14 heteroatoms. The first-order valence-corrected chi connectivity index (χ1v) is 14.1. The standard InChI is InChI=1S/C27H29F3N3O7P/c1-16-13-31(14-32(16)15-40-41(36,37)38)23-7-6-18(10-24(23)39-3)9-19-5-4-8-33(27(19)35)26(17(2)34)20-11-21(28)25(30)22(29)12-20/h6-7,9-14,17,26,34H,4-5,8,15H2,1-3H3,(H-,36,37,38)/p+1/t17-,26+/m1/s1. The molecule has 1 aromatic heterocycles. The van der Waals surface area contributed by atoms with Crippen molar-refractivity contribution in [2.75, 3.05) is 13.7 Å². The molecule has 41 heavy (non-hydrogen) atoms. The summed E-state index contributed by atoms with van der Waals surface area (Å²) >= 11 is 0. The van der Waals surface area contributed by atoms with Crippen LogP contribution in [0.5, 0.6) is 5.75 Å². The summed E-state index contributed by atoms with van der Waals surface area (Å²) in [4.78, 5) is 32.8. The molecular formula is C27H30F3N3O7P+. The summed E-state index contributed by atoms with van der Waals surface area (Å²) in [5.41, 5.74) is 2.25. The number of carbonyl (C=O) groups excluding carboxylic acids is 1. The van der Waals surface area contributed by atoms with E-state index in [2.05, 4.69) is 4.52 Å². The van der Waals surface area contributed by atoms with Crippen LogP contribution in [0.4, 0.5) is 13.2 Å². The van der Waals surface area contributed by atoms with Crippen molar-refractivity contribution < 1.29 is 51.3 Å². The number of imidazole rings is 1. The second kappa shape index (κ2) is 12.2. The second-order valence-corrected chi connectivity index (χ2v) is 10.9. The summed E-state index contributed by atoms with van der Waals surface area (Å²) in [7, 11) is -3.18. The summed E-state index contributed by atoms with van der Waals surface area (Å²) in [5, 5.41) is 10.4. The van der Waals surface area contributed by atoms with Crippen molar-refractivity contribution in [2.24, 2.45) is 0 Å². The van der Waals surface area contributed by atoms with E-state index < -0.39 is 43.3 Å². The number of amides is 1. The van der Waals surface area contributed by atoms with E-state index in [1.165, 1.54) is 23.5 Å². The second-order valence-electron chi connectivity index (χ2n) is 9.70. The minimum atomic E-state index is -4.65. The highest BCUT2D eigenvalue weighted by atomic mass is 31.2. The van der Waals surface area contributed by atoms with Crippen LogP contribution in [0.3, 0.4) is 0 Å². The van der Waals surface area contributed by atoms with Gasteiger partial charge in [-0.25, -0.2) is 26.8 Å². The number of hydrogen-bond donors (Lipinski definition) is 3. The maximum absolute atomic E-state index is 14.0. The Morgan fingerprint density at radius 3 is 2.46 bits per heavy atom. The van der Waals surface area contributed by atoms with Gasteiger partial charge in [0.1, 0.15) is 11.9 Å². The molecule has 3 aromatic rings. The van der Waals surface area contributed by atoms with Crippen LogP contribution >= 0.6 is 7.82 Å². The largest absolute Gasteiger partial charge is 0.492 e. The number of aryl methyl sites for hydroxylation is 1. The Hall–Kier alpha value is -3.48. The van der Waals surface area contributed by atoms with Crippen LogP contribution in [0, 0.1) is 24.4 Å². The zero-order valence-corrected chi connectivity index (χ0v) is 23.4. The SMILES string of the molecule is COc1cc(C=C2CCCN([C@H](c3cc(F)c(F)c(F)c3)[C@@H](C)O)C2=O)ccc1-[n+]1cc(C)n(COP(=O)(O)O)c1. The number of hydrogen-bond acceptors (Lipinski definition) is 5. The van der Waals surface area contributed by atoms with Crippen molar-refractivity contribution >= 4 is 19.8 Å². The molecule has 10 nitrogen and oxygen atoms in total. The van der Waals surface area contributed by atoms with Crippen molar-refractivity contribution in [1.29, 1.82) is 0 Å². The highest BCUT2D eigenvalue weighted by molar-refractivity contribution is 7.46. The average molecular weight is 597 g/mol. The van der Waals surface area contributed by atoms with Gasteiger partial charge in [0.15, 0.2) is 28.9 Å². The van der Waals surface area contributed by atoms with Gasteiger partial charge < -0.3 is 24.5 Å². The van der Waals surface area contributed by atoms with Crippen LogP contribution in [0.15, 0.2) is 48.4 Å². The highest BCUT2D eigenvalue weighted by Crippen LogP contribution is 2.36. The lowest BCUT2D eigenvalue weighted by molar-refractivity contribution is -0.596. The molecular weight excluding hydrogens is 566 g/mol. The van der Waals surface area contributed by atoms with E-state index in [-0.39, 0.29) is 18.8 Å². The number of ether oxygens (including phenoxy) is 1. The number of rotatable bonds is 9. The van der Waals surface area contributed by atoms with E-state index in [9.17, 15) is 27.6 Å². The van der Waals surface area contributed by atoms with Gasteiger partial charge in [-0.1, -0.05) is 6.07 Å². The minimum absolute atomic E-state index is 0.0533. The summed E-state index contributed by atoms with van der Waals surface area (Å²) in [6.07, 6.45) is 4.73. The molecule has 2 heterocycles. The van der Waals surface area contributed by atoms with Gasteiger partial charge in [-0.15, -0.1) is 0 Å². The fourth-order valence-electron chi connectivity index (χ4n) is 4.85. The summed E-state index contributed by atoms with van der Waals surface area (Å²) in [5.74, 6) is -4.42. The Balaban J connectivity index is 1.62. The molecule has 0 spiro atoms. The molecule has 2 aromatic carbocycles. The molecule has 3 N–H and O–H groups in total. The van der Waals surface area contributed by atoms with Gasteiger partial charge in [-0.2, -0.15) is 4.57 Å². The number of aliphatic hydroxyl groups excluding tert-OH is 1. The van der Waals surface area contributed by atoms with Crippen LogP contribution < -0.4 is 9.30 Å². The van der Waals surface area contributed by atoms with Crippen LogP contribution in [-0.2, 0) is 20.6 Å². The third kappa shape index (κ3) is 6.88. The van der Waals surface area contributed by atoms with Crippen molar-refractivity contribution in [2.45, 2.75) is 45.6 Å². The molecule has 4 rings (SSSR count). The van der Waals surface area contributed by atoms with E-state index in [0.29, 0.717) is 41.1 Å². The smallest absolute Gasteiger partial charge is 0.472 e.